The second-order valence-corrected chi connectivity index (χ2v) is 4.74. The summed E-state index contributed by atoms with van der Waals surface area (Å²) in [5.41, 5.74) is 0.905. The fourth-order valence-electron chi connectivity index (χ4n) is 1.86. The highest BCUT2D eigenvalue weighted by Gasteiger charge is 2.05. The first-order valence-electron chi connectivity index (χ1n) is 6.86. The van der Waals surface area contributed by atoms with Gasteiger partial charge in [-0.1, -0.05) is 13.0 Å². The molecule has 4 heteroatoms. The van der Waals surface area contributed by atoms with Crippen LogP contribution in [0.2, 0.25) is 0 Å². The first-order chi connectivity index (χ1) is 9.69. The number of furan rings is 1. The van der Waals surface area contributed by atoms with E-state index in [1.54, 1.807) is 6.07 Å². The number of hydrogen-bond donors (Lipinski definition) is 1. The first kappa shape index (κ1) is 14.6. The molecule has 0 spiro atoms. The molecule has 2 rings (SSSR count). The maximum Gasteiger partial charge on any atom is 0.146 e. The summed E-state index contributed by atoms with van der Waals surface area (Å²) >= 11 is 0. The molecule has 0 amide bonds. The zero-order valence-electron chi connectivity index (χ0n) is 11.9. The van der Waals surface area contributed by atoms with Gasteiger partial charge in [-0.3, -0.25) is 0 Å². The summed E-state index contributed by atoms with van der Waals surface area (Å²) in [4.78, 5) is 0. The number of rotatable bonds is 7. The topological polar surface area (TPSA) is 34.4 Å². The minimum absolute atomic E-state index is 0.297. The van der Waals surface area contributed by atoms with Gasteiger partial charge in [-0.15, -0.1) is 0 Å². The van der Waals surface area contributed by atoms with Crippen LogP contribution in [0.5, 0.6) is 5.75 Å². The molecule has 108 valence electrons. The maximum absolute atomic E-state index is 13.1. The van der Waals surface area contributed by atoms with Gasteiger partial charge in [0.1, 0.15) is 29.7 Å². The lowest BCUT2D eigenvalue weighted by molar-refractivity contribution is 0.262. The number of aryl methyl sites for hydroxylation is 1. The smallest absolute Gasteiger partial charge is 0.146 e. The molecule has 0 saturated heterocycles. The SMILES string of the molecule is CCCNCc1ccc(COc2cc(F)ccc2C)o1. The van der Waals surface area contributed by atoms with E-state index in [4.69, 9.17) is 9.15 Å². The summed E-state index contributed by atoms with van der Waals surface area (Å²) in [6.07, 6.45) is 1.09. The molecule has 2 aromatic rings. The van der Waals surface area contributed by atoms with Crippen LogP contribution >= 0.6 is 0 Å². The zero-order valence-corrected chi connectivity index (χ0v) is 11.9. The molecule has 1 aromatic carbocycles. The summed E-state index contributed by atoms with van der Waals surface area (Å²) in [6, 6.07) is 8.33. The molecule has 1 aromatic heterocycles. The highest BCUT2D eigenvalue weighted by molar-refractivity contribution is 5.32. The molecule has 0 aliphatic carbocycles. The lowest BCUT2D eigenvalue weighted by Crippen LogP contribution is -2.13. The molecule has 0 aliphatic rings. The van der Waals surface area contributed by atoms with Crippen molar-refractivity contribution >= 4 is 0 Å². The van der Waals surface area contributed by atoms with E-state index in [-0.39, 0.29) is 5.82 Å². The van der Waals surface area contributed by atoms with Gasteiger partial charge in [0.15, 0.2) is 0 Å². The molecular weight excluding hydrogens is 257 g/mol. The third-order valence-electron chi connectivity index (χ3n) is 2.96. The van der Waals surface area contributed by atoms with Gasteiger partial charge in [0.05, 0.1) is 6.54 Å². The van der Waals surface area contributed by atoms with Crippen molar-refractivity contribution in [2.24, 2.45) is 0 Å². The average molecular weight is 277 g/mol. The normalized spacial score (nSPS) is 10.8. The van der Waals surface area contributed by atoms with E-state index in [9.17, 15) is 4.39 Å². The van der Waals surface area contributed by atoms with Crippen LogP contribution in [-0.4, -0.2) is 6.54 Å². The second kappa shape index (κ2) is 7.10. The van der Waals surface area contributed by atoms with Crippen molar-refractivity contribution in [2.75, 3.05) is 6.54 Å². The van der Waals surface area contributed by atoms with Gasteiger partial charge < -0.3 is 14.5 Å². The number of halogens is 1. The van der Waals surface area contributed by atoms with E-state index >= 15 is 0 Å². The summed E-state index contributed by atoms with van der Waals surface area (Å²) in [7, 11) is 0. The Kier molecular flexibility index (Phi) is 5.18. The number of ether oxygens (including phenoxy) is 1. The first-order valence-corrected chi connectivity index (χ1v) is 6.86. The highest BCUT2D eigenvalue weighted by Crippen LogP contribution is 2.20. The molecule has 0 aliphatic heterocycles. The van der Waals surface area contributed by atoms with Gasteiger partial charge in [-0.2, -0.15) is 0 Å². The highest BCUT2D eigenvalue weighted by atomic mass is 19.1. The third-order valence-corrected chi connectivity index (χ3v) is 2.96. The Morgan fingerprint density at radius 1 is 1.20 bits per heavy atom. The van der Waals surface area contributed by atoms with Gasteiger partial charge in [-0.05, 0) is 43.7 Å². The zero-order chi connectivity index (χ0) is 14.4. The summed E-state index contributed by atoms with van der Waals surface area (Å²) in [5, 5.41) is 3.27. The monoisotopic (exact) mass is 277 g/mol. The molecule has 0 atom stereocenters. The predicted octanol–water partition coefficient (Wildman–Crippen LogP) is 3.81. The van der Waals surface area contributed by atoms with E-state index in [2.05, 4.69) is 12.2 Å². The van der Waals surface area contributed by atoms with Crippen molar-refractivity contribution in [3.63, 3.8) is 0 Å². The van der Waals surface area contributed by atoms with Crippen LogP contribution in [0.25, 0.3) is 0 Å². The van der Waals surface area contributed by atoms with Crippen molar-refractivity contribution in [3.8, 4) is 5.75 Å². The van der Waals surface area contributed by atoms with Crippen molar-refractivity contribution in [2.45, 2.75) is 33.4 Å². The summed E-state index contributed by atoms with van der Waals surface area (Å²) in [5.74, 6) is 1.87. The maximum atomic E-state index is 13.1. The van der Waals surface area contributed by atoms with E-state index in [1.807, 2.05) is 19.1 Å². The number of nitrogens with one attached hydrogen (secondary N) is 1. The molecule has 1 heterocycles. The van der Waals surface area contributed by atoms with Gasteiger partial charge in [0.25, 0.3) is 0 Å². The Bertz CT molecular complexity index is 551. The molecule has 0 radical (unpaired) electrons. The van der Waals surface area contributed by atoms with Gasteiger partial charge in [0, 0.05) is 6.07 Å². The van der Waals surface area contributed by atoms with Crippen molar-refractivity contribution in [1.82, 2.24) is 5.32 Å². The molecule has 0 fully saturated rings. The van der Waals surface area contributed by atoms with Crippen LogP contribution < -0.4 is 10.1 Å². The lowest BCUT2D eigenvalue weighted by atomic mass is 10.2. The van der Waals surface area contributed by atoms with Crippen molar-refractivity contribution in [1.29, 1.82) is 0 Å². The van der Waals surface area contributed by atoms with Gasteiger partial charge in [0.2, 0.25) is 0 Å². The van der Waals surface area contributed by atoms with E-state index < -0.39 is 0 Å². The Morgan fingerprint density at radius 3 is 2.80 bits per heavy atom. The van der Waals surface area contributed by atoms with Crippen molar-refractivity contribution < 1.29 is 13.5 Å². The van der Waals surface area contributed by atoms with Crippen LogP contribution in [0.3, 0.4) is 0 Å². The minimum Gasteiger partial charge on any atom is -0.485 e. The molecule has 1 N–H and O–H groups in total. The number of hydrogen-bond acceptors (Lipinski definition) is 3. The van der Waals surface area contributed by atoms with Crippen LogP contribution in [0, 0.1) is 12.7 Å². The molecule has 0 unspecified atom stereocenters. The summed E-state index contributed by atoms with van der Waals surface area (Å²) < 4.78 is 24.4. The fraction of sp³-hybridized carbons (Fsp3) is 0.375. The minimum atomic E-state index is -0.297. The van der Waals surface area contributed by atoms with Crippen LogP contribution in [0.4, 0.5) is 4.39 Å². The average Bonchev–Trinajstić information content (AvgIpc) is 2.88. The standard InChI is InChI=1S/C16H20FNO2/c1-3-8-18-10-14-6-7-15(20-14)11-19-16-9-13(17)5-4-12(16)2/h4-7,9,18H,3,8,10-11H2,1-2H3. The largest absolute Gasteiger partial charge is 0.485 e. The predicted molar refractivity (Wildman–Crippen MR) is 76.2 cm³/mol. The van der Waals surface area contributed by atoms with Gasteiger partial charge >= 0.3 is 0 Å². The van der Waals surface area contributed by atoms with Gasteiger partial charge in [-0.25, -0.2) is 4.39 Å². The van der Waals surface area contributed by atoms with Crippen LogP contribution in [-0.2, 0) is 13.2 Å². The van der Waals surface area contributed by atoms with E-state index in [0.29, 0.717) is 18.9 Å². The molecule has 0 saturated carbocycles. The van der Waals surface area contributed by atoms with Crippen LogP contribution in [0.1, 0.15) is 30.4 Å². The van der Waals surface area contributed by atoms with Crippen LogP contribution in [0.15, 0.2) is 34.7 Å². The quantitative estimate of drug-likeness (QED) is 0.782. The Balaban J connectivity index is 1.89. The Labute approximate surface area is 118 Å². The van der Waals surface area contributed by atoms with E-state index in [0.717, 1.165) is 30.0 Å². The molecule has 0 bridgehead atoms. The fourth-order valence-corrected chi connectivity index (χ4v) is 1.86. The molecular formula is C16H20FNO2. The lowest BCUT2D eigenvalue weighted by Gasteiger charge is -2.07. The second-order valence-electron chi connectivity index (χ2n) is 4.74. The Hall–Kier alpha value is -1.81. The number of benzene rings is 1. The van der Waals surface area contributed by atoms with Crippen molar-refractivity contribution in [3.05, 3.63) is 53.2 Å². The van der Waals surface area contributed by atoms with E-state index in [1.165, 1.54) is 12.1 Å². The third kappa shape index (κ3) is 4.10. The summed E-state index contributed by atoms with van der Waals surface area (Å²) in [6.45, 7) is 5.99. The molecule has 20 heavy (non-hydrogen) atoms. The Morgan fingerprint density at radius 2 is 2.00 bits per heavy atom. The molecule has 3 nitrogen and oxygen atoms in total.